The van der Waals surface area contributed by atoms with E-state index in [0.717, 1.165) is 49.8 Å². The summed E-state index contributed by atoms with van der Waals surface area (Å²) in [6, 6.07) is 0. The molecule has 0 spiro atoms. The molecular formula is C22H43I4N2O5S-. The van der Waals surface area contributed by atoms with E-state index in [1.807, 2.05) is 13.8 Å². The van der Waals surface area contributed by atoms with Gasteiger partial charge in [-0.3, -0.25) is 9.08 Å². The van der Waals surface area contributed by atoms with Crippen molar-refractivity contribution in [1.29, 1.82) is 0 Å². The summed E-state index contributed by atoms with van der Waals surface area (Å²) < 4.78 is 26.5. The molecule has 1 N–H and O–H groups in total. The predicted molar refractivity (Wildman–Crippen MR) is 166 cm³/mol. The molecule has 0 aromatic rings. The molecule has 3 saturated carbocycles. The van der Waals surface area contributed by atoms with Gasteiger partial charge in [0.25, 0.3) is 0 Å². The van der Waals surface area contributed by atoms with Crippen LogP contribution < -0.4 is 13.3 Å². The second kappa shape index (κ2) is 26.1. The number of ketones is 1. The predicted octanol–water partition coefficient (Wildman–Crippen LogP) is 5.00. The zero-order valence-electron chi connectivity index (χ0n) is 21.5. The molecular weight excluding hydrogens is 912 g/mol. The first-order valence-electron chi connectivity index (χ1n) is 11.5. The zero-order chi connectivity index (χ0) is 27.2. The molecule has 0 amide bonds. The van der Waals surface area contributed by atoms with Gasteiger partial charge in [0.2, 0.25) is 0 Å². The van der Waals surface area contributed by atoms with Crippen molar-refractivity contribution in [1.82, 2.24) is 0 Å². The summed E-state index contributed by atoms with van der Waals surface area (Å²) in [6.45, 7) is 12.5. The van der Waals surface area contributed by atoms with Crippen LogP contribution in [-0.2, 0) is 19.2 Å². The van der Waals surface area contributed by atoms with E-state index in [-0.39, 0.29) is 0 Å². The normalized spacial score (nSPS) is 24.3. The van der Waals surface area contributed by atoms with Crippen molar-refractivity contribution in [3.05, 3.63) is 0 Å². The molecule has 34 heavy (non-hydrogen) atoms. The van der Waals surface area contributed by atoms with E-state index < -0.39 is 10.1 Å². The molecule has 0 aromatic carbocycles. The molecule has 0 heterocycles. The number of hydrogen-bond donors (Lipinski definition) is 1. The molecule has 3 aliphatic rings. The Morgan fingerprint density at radius 1 is 0.971 bits per heavy atom. The molecule has 0 aromatic heterocycles. The summed E-state index contributed by atoms with van der Waals surface area (Å²) in [4.78, 5) is 10.2. The molecule has 3 atom stereocenters. The SMILES string of the molecule is CC1CC/C1=N\O.CC1CC/C1=N\OS(C)(=O)=O.CC1CCC1=O.CCC.CCCI.I[I-]I. The van der Waals surface area contributed by atoms with E-state index in [1.165, 1.54) is 23.7 Å². The second-order valence-corrected chi connectivity index (χ2v) is 27.1. The Morgan fingerprint density at radius 3 is 1.41 bits per heavy atom. The van der Waals surface area contributed by atoms with Gasteiger partial charge in [-0.05, 0) is 54.8 Å². The quantitative estimate of drug-likeness (QED) is 0.186. The third-order valence-corrected chi connectivity index (χ3v) is 6.21. The average molecular weight is 955 g/mol. The van der Waals surface area contributed by atoms with Gasteiger partial charge in [-0.15, -0.1) is 0 Å². The van der Waals surface area contributed by atoms with Crippen LogP contribution in [0.3, 0.4) is 0 Å². The summed E-state index contributed by atoms with van der Waals surface area (Å²) >= 11 is 7.65. The fourth-order valence-corrected chi connectivity index (χ4v) is 2.31. The number of Topliss-reactive ketones (excluding diaryl/α,β-unsaturated/α-hetero) is 1. The summed E-state index contributed by atoms with van der Waals surface area (Å²) in [5.74, 6) is 1.77. The number of halogens is 4. The van der Waals surface area contributed by atoms with E-state index in [1.54, 1.807) is 0 Å². The van der Waals surface area contributed by atoms with Crippen LogP contribution in [0.15, 0.2) is 10.3 Å². The third kappa shape index (κ3) is 25.1. The minimum absolute atomic E-state index is 0.386. The van der Waals surface area contributed by atoms with Crippen LogP contribution in [0, 0.1) is 17.8 Å². The first-order chi connectivity index (χ1) is 15.9. The van der Waals surface area contributed by atoms with Gasteiger partial charge in [-0.2, -0.15) is 8.42 Å². The number of carbonyl (C=O) groups excluding carboxylic acids is 1. The number of hydrogen-bond acceptors (Lipinski definition) is 7. The monoisotopic (exact) mass is 955 g/mol. The summed E-state index contributed by atoms with van der Waals surface area (Å²) in [5.41, 5.74) is 1.80. The Hall–Kier alpha value is 1.48. The van der Waals surface area contributed by atoms with Crippen molar-refractivity contribution >= 4 is 87.1 Å². The zero-order valence-corrected chi connectivity index (χ0v) is 30.9. The minimum atomic E-state index is -3.41. The van der Waals surface area contributed by atoms with Crippen molar-refractivity contribution in [3.63, 3.8) is 0 Å². The van der Waals surface area contributed by atoms with Crippen LogP contribution >= 0.6 is 59.8 Å². The van der Waals surface area contributed by atoms with Gasteiger partial charge in [-0.25, -0.2) is 0 Å². The number of carbonyl (C=O) groups is 1. The van der Waals surface area contributed by atoms with Gasteiger partial charge in [0.05, 0.1) is 17.7 Å². The molecule has 0 bridgehead atoms. The molecule has 7 nitrogen and oxygen atoms in total. The summed E-state index contributed by atoms with van der Waals surface area (Å²) in [5, 5.41) is 14.7. The van der Waals surface area contributed by atoms with E-state index in [9.17, 15) is 13.2 Å². The van der Waals surface area contributed by atoms with Gasteiger partial charge < -0.3 is 5.21 Å². The number of rotatable bonds is 3. The van der Waals surface area contributed by atoms with Crippen molar-refractivity contribution in [2.45, 2.75) is 92.9 Å². The van der Waals surface area contributed by atoms with Crippen LogP contribution in [0.2, 0.25) is 0 Å². The molecule has 0 aliphatic heterocycles. The Morgan fingerprint density at radius 2 is 1.32 bits per heavy atom. The van der Waals surface area contributed by atoms with Crippen molar-refractivity contribution < 1.29 is 36.0 Å². The molecule has 12 heteroatoms. The van der Waals surface area contributed by atoms with Crippen LogP contribution in [0.5, 0.6) is 0 Å². The Balaban J connectivity index is -0.000000366. The van der Waals surface area contributed by atoms with Gasteiger partial charge >= 0.3 is 60.6 Å². The maximum absolute atomic E-state index is 10.5. The molecule has 3 rings (SSSR count). The topological polar surface area (TPSA) is 105 Å². The van der Waals surface area contributed by atoms with Crippen LogP contribution in [0.4, 0.5) is 0 Å². The van der Waals surface area contributed by atoms with E-state index in [4.69, 9.17) is 5.21 Å². The van der Waals surface area contributed by atoms with E-state index in [0.29, 0.717) is 36.8 Å². The molecule has 206 valence electrons. The first kappa shape index (κ1) is 40.0. The molecule has 0 radical (unpaired) electrons. The van der Waals surface area contributed by atoms with Gasteiger partial charge in [0.1, 0.15) is 5.78 Å². The Bertz CT molecular complexity index is 672. The Kier molecular flexibility index (Phi) is 30.7. The van der Waals surface area contributed by atoms with Gasteiger partial charge in [0.15, 0.2) is 0 Å². The summed E-state index contributed by atoms with van der Waals surface area (Å²) in [7, 11) is -3.41. The van der Waals surface area contributed by atoms with Crippen LogP contribution in [-0.4, -0.2) is 41.5 Å². The number of oxime groups is 2. The van der Waals surface area contributed by atoms with Crippen molar-refractivity contribution in [2.75, 3.05) is 10.7 Å². The molecule has 3 unspecified atom stereocenters. The third-order valence-electron chi connectivity index (χ3n) is 4.79. The second-order valence-electron chi connectivity index (χ2n) is 8.19. The number of nitrogens with zero attached hydrogens (tertiary/aromatic N) is 2. The Labute approximate surface area is 251 Å². The molecule has 0 saturated heterocycles. The molecule has 3 aliphatic carbocycles. The molecule has 3 fully saturated rings. The number of alkyl halides is 1. The fourth-order valence-electron chi connectivity index (χ4n) is 2.07. The van der Waals surface area contributed by atoms with Gasteiger partial charge in [0, 0.05) is 12.3 Å². The van der Waals surface area contributed by atoms with E-state index >= 15 is 0 Å². The van der Waals surface area contributed by atoms with Crippen LogP contribution in [0.25, 0.3) is 0 Å². The van der Waals surface area contributed by atoms with E-state index in [2.05, 4.69) is 102 Å². The summed E-state index contributed by atoms with van der Waals surface area (Å²) in [6.07, 6.45) is 9.63. The van der Waals surface area contributed by atoms with Crippen molar-refractivity contribution in [2.24, 2.45) is 28.1 Å². The van der Waals surface area contributed by atoms with Gasteiger partial charge in [-0.1, -0.05) is 80.9 Å². The standard InChI is InChI=1S/C6H11NO3S.C5H9NO.C5H8O.C3H7I.C3H8.I3/c1-5-3-4-6(5)7-10-11(2,8)9;1-4-2-3-5(4)6-7;1-4-2-3-5(4)6;1-2-3-4;2*1-3-2/h5H,3-4H2,1-2H3;4,7H,2-3H2,1H3;4H,2-3H2,1H3;2-3H2,1H3;3H2,1-2H3;/q;;;;;-1/b7-6+;6-5+;;;;. The fraction of sp³-hybridized carbons (Fsp3) is 0.864. The average Bonchev–Trinajstić information content (AvgIpc) is 2.77. The maximum atomic E-state index is 10.5. The first-order valence-corrected chi connectivity index (χ1v) is 27.4. The van der Waals surface area contributed by atoms with Crippen molar-refractivity contribution in [3.8, 4) is 0 Å². The van der Waals surface area contributed by atoms with Crippen LogP contribution in [0.1, 0.15) is 92.9 Å².